The number of hydrogen-bond acceptors (Lipinski definition) is 4. The lowest BCUT2D eigenvalue weighted by Gasteiger charge is -2.36. The summed E-state index contributed by atoms with van der Waals surface area (Å²) in [7, 11) is 1.65. The van der Waals surface area contributed by atoms with Crippen molar-refractivity contribution in [3.05, 3.63) is 40.4 Å². The molecule has 3 rings (SSSR count). The van der Waals surface area contributed by atoms with Crippen molar-refractivity contribution in [2.24, 2.45) is 0 Å². The van der Waals surface area contributed by atoms with Crippen LogP contribution in [0.1, 0.15) is 50.4 Å². The molecule has 1 amide bonds. The Morgan fingerprint density at radius 3 is 2.62 bits per heavy atom. The van der Waals surface area contributed by atoms with Crippen LogP contribution in [0.15, 0.2) is 24.3 Å². The van der Waals surface area contributed by atoms with Crippen LogP contribution < -0.4 is 10.1 Å². The van der Waals surface area contributed by atoms with Gasteiger partial charge < -0.3 is 14.6 Å². The Bertz CT molecular complexity index is 804. The molecule has 1 fully saturated rings. The average Bonchev–Trinajstić information content (AvgIpc) is 3.06. The predicted molar refractivity (Wildman–Crippen MR) is 103 cm³/mol. The van der Waals surface area contributed by atoms with Crippen molar-refractivity contribution < 1.29 is 9.53 Å². The summed E-state index contributed by atoms with van der Waals surface area (Å²) in [6, 6.07) is 7.90. The Kier molecular flexibility index (Phi) is 5.76. The van der Waals surface area contributed by atoms with Gasteiger partial charge >= 0.3 is 0 Å². The normalized spacial score (nSPS) is 16.2. The van der Waals surface area contributed by atoms with E-state index in [4.69, 9.17) is 17.0 Å². The van der Waals surface area contributed by atoms with Crippen LogP contribution in [0.5, 0.6) is 5.75 Å². The zero-order valence-corrected chi connectivity index (χ0v) is 16.2. The maximum absolute atomic E-state index is 13.2. The fraction of sp³-hybridized carbons (Fsp3) is 0.526. The van der Waals surface area contributed by atoms with Gasteiger partial charge in [-0.05, 0) is 49.7 Å². The molecular weight excluding hydrogens is 348 g/mol. The van der Waals surface area contributed by atoms with Gasteiger partial charge in [-0.2, -0.15) is 5.10 Å². The Morgan fingerprint density at radius 2 is 2.00 bits per heavy atom. The van der Waals surface area contributed by atoms with Crippen LogP contribution >= 0.6 is 12.2 Å². The number of nitrogens with zero attached hydrogens (tertiary/aromatic N) is 2. The van der Waals surface area contributed by atoms with Gasteiger partial charge in [-0.1, -0.05) is 31.4 Å². The summed E-state index contributed by atoms with van der Waals surface area (Å²) in [5.41, 5.74) is 0.583. The zero-order valence-electron chi connectivity index (χ0n) is 15.4. The SMILES string of the molecule is CCn1c(CNC(=O)C2(c3ccc(OC)cc3)CCCCC2)n[nH]c1=S. The van der Waals surface area contributed by atoms with Gasteiger partial charge in [0.25, 0.3) is 0 Å². The van der Waals surface area contributed by atoms with Gasteiger partial charge in [-0.15, -0.1) is 0 Å². The number of rotatable bonds is 6. The number of carbonyl (C=O) groups is 1. The van der Waals surface area contributed by atoms with Crippen LogP contribution in [-0.4, -0.2) is 27.8 Å². The quantitative estimate of drug-likeness (QED) is 0.759. The number of methoxy groups -OCH3 is 1. The largest absolute Gasteiger partial charge is 0.497 e. The molecule has 6 nitrogen and oxygen atoms in total. The summed E-state index contributed by atoms with van der Waals surface area (Å²) in [5.74, 6) is 1.63. The number of aromatic nitrogens is 3. The van der Waals surface area contributed by atoms with Gasteiger partial charge in [0.15, 0.2) is 10.6 Å². The number of H-pyrrole nitrogens is 1. The molecule has 2 aromatic rings. The molecule has 1 heterocycles. The van der Waals surface area contributed by atoms with Crippen molar-refractivity contribution in [2.75, 3.05) is 7.11 Å². The van der Waals surface area contributed by atoms with E-state index in [1.165, 1.54) is 6.42 Å². The molecule has 0 unspecified atom stereocenters. The number of carbonyl (C=O) groups excluding carboxylic acids is 1. The van der Waals surface area contributed by atoms with E-state index in [0.29, 0.717) is 11.3 Å². The molecule has 0 radical (unpaired) electrons. The third kappa shape index (κ3) is 3.53. The number of nitrogens with one attached hydrogen (secondary N) is 2. The summed E-state index contributed by atoms with van der Waals surface area (Å²) in [6.45, 7) is 3.11. The molecule has 2 N–H and O–H groups in total. The molecule has 1 aliphatic rings. The topological polar surface area (TPSA) is 71.9 Å². The molecule has 140 valence electrons. The lowest BCUT2D eigenvalue weighted by atomic mass is 9.68. The van der Waals surface area contributed by atoms with Crippen molar-refractivity contribution in [1.82, 2.24) is 20.1 Å². The van der Waals surface area contributed by atoms with E-state index in [9.17, 15) is 4.79 Å². The zero-order chi connectivity index (χ0) is 18.6. The molecule has 26 heavy (non-hydrogen) atoms. The van der Waals surface area contributed by atoms with Crippen molar-refractivity contribution >= 4 is 18.1 Å². The molecule has 7 heteroatoms. The second-order valence-electron chi connectivity index (χ2n) is 6.74. The van der Waals surface area contributed by atoms with E-state index in [-0.39, 0.29) is 5.91 Å². The monoisotopic (exact) mass is 374 g/mol. The summed E-state index contributed by atoms with van der Waals surface area (Å²) in [5, 5.41) is 10.1. The van der Waals surface area contributed by atoms with Crippen molar-refractivity contribution in [1.29, 1.82) is 0 Å². The van der Waals surface area contributed by atoms with Gasteiger partial charge in [-0.3, -0.25) is 9.89 Å². The highest BCUT2D eigenvalue weighted by Crippen LogP contribution is 2.40. The van der Waals surface area contributed by atoms with Gasteiger partial charge in [0.1, 0.15) is 5.75 Å². The highest BCUT2D eigenvalue weighted by Gasteiger charge is 2.41. The molecule has 1 aromatic heterocycles. The third-order valence-electron chi connectivity index (χ3n) is 5.34. The van der Waals surface area contributed by atoms with Crippen molar-refractivity contribution in [2.45, 2.75) is 57.5 Å². The first-order chi connectivity index (χ1) is 12.6. The van der Waals surface area contributed by atoms with Crippen LogP contribution in [0.2, 0.25) is 0 Å². The molecular formula is C19H26N4O2S. The Hall–Kier alpha value is -2.15. The molecule has 1 saturated carbocycles. The smallest absolute Gasteiger partial charge is 0.231 e. The Labute approximate surface area is 159 Å². The maximum Gasteiger partial charge on any atom is 0.231 e. The number of amides is 1. The highest BCUT2D eigenvalue weighted by atomic mass is 32.1. The second-order valence-corrected chi connectivity index (χ2v) is 7.13. The maximum atomic E-state index is 13.2. The summed E-state index contributed by atoms with van der Waals surface area (Å²) < 4.78 is 7.74. The highest BCUT2D eigenvalue weighted by molar-refractivity contribution is 7.71. The number of hydrogen-bond donors (Lipinski definition) is 2. The van der Waals surface area contributed by atoms with Crippen LogP contribution in [-0.2, 0) is 23.3 Å². The number of ether oxygens (including phenoxy) is 1. The van der Waals surface area contributed by atoms with Gasteiger partial charge in [0.05, 0.1) is 19.1 Å². The standard InChI is InChI=1S/C19H26N4O2S/c1-3-23-16(21-22-18(23)26)13-20-17(24)19(11-5-4-6-12-19)14-7-9-15(25-2)10-8-14/h7-10H,3-6,11-13H2,1-2H3,(H,20,24)(H,22,26). The van der Waals surface area contributed by atoms with E-state index in [1.54, 1.807) is 7.11 Å². The number of benzene rings is 1. The lowest BCUT2D eigenvalue weighted by molar-refractivity contribution is -0.128. The van der Waals surface area contributed by atoms with Crippen molar-refractivity contribution in [3.8, 4) is 5.75 Å². The summed E-state index contributed by atoms with van der Waals surface area (Å²) in [6.07, 6.45) is 5.04. The van der Waals surface area contributed by atoms with Gasteiger partial charge in [0.2, 0.25) is 5.91 Å². The molecule has 0 atom stereocenters. The molecule has 0 aliphatic heterocycles. The first-order valence-corrected chi connectivity index (χ1v) is 9.58. The van der Waals surface area contributed by atoms with E-state index in [2.05, 4.69) is 15.5 Å². The fourth-order valence-electron chi connectivity index (χ4n) is 3.85. The molecule has 1 aromatic carbocycles. The fourth-order valence-corrected chi connectivity index (χ4v) is 4.13. The molecule has 0 saturated heterocycles. The van der Waals surface area contributed by atoms with E-state index in [0.717, 1.165) is 49.4 Å². The molecule has 1 aliphatic carbocycles. The third-order valence-corrected chi connectivity index (χ3v) is 5.66. The second kappa shape index (κ2) is 8.03. The molecule has 0 bridgehead atoms. The Morgan fingerprint density at radius 1 is 1.31 bits per heavy atom. The van der Waals surface area contributed by atoms with Gasteiger partial charge in [0, 0.05) is 6.54 Å². The first kappa shape index (κ1) is 18.6. The minimum atomic E-state index is -0.478. The lowest BCUT2D eigenvalue weighted by Crippen LogP contribution is -2.45. The van der Waals surface area contributed by atoms with Gasteiger partial charge in [-0.25, -0.2) is 0 Å². The summed E-state index contributed by atoms with van der Waals surface area (Å²) in [4.78, 5) is 13.2. The number of aromatic amines is 1. The van der Waals surface area contributed by atoms with Crippen LogP contribution in [0.3, 0.4) is 0 Å². The summed E-state index contributed by atoms with van der Waals surface area (Å²) >= 11 is 5.22. The first-order valence-electron chi connectivity index (χ1n) is 9.17. The van der Waals surface area contributed by atoms with E-state index in [1.807, 2.05) is 35.8 Å². The average molecular weight is 375 g/mol. The van der Waals surface area contributed by atoms with E-state index < -0.39 is 5.41 Å². The predicted octanol–water partition coefficient (Wildman–Crippen LogP) is 3.49. The molecule has 0 spiro atoms. The van der Waals surface area contributed by atoms with E-state index >= 15 is 0 Å². The minimum Gasteiger partial charge on any atom is -0.497 e. The Balaban J connectivity index is 1.82. The van der Waals surface area contributed by atoms with Crippen LogP contribution in [0.4, 0.5) is 0 Å². The van der Waals surface area contributed by atoms with Crippen LogP contribution in [0.25, 0.3) is 0 Å². The minimum absolute atomic E-state index is 0.0685. The van der Waals surface area contributed by atoms with Crippen LogP contribution in [0, 0.1) is 4.77 Å². The van der Waals surface area contributed by atoms with Crippen molar-refractivity contribution in [3.63, 3.8) is 0 Å².